The topological polar surface area (TPSA) is 54.7 Å². The molecule has 1 heterocycles. The molecule has 3 nitrogen and oxygen atoms in total. The van der Waals surface area contributed by atoms with Crippen LogP contribution in [0.5, 0.6) is 0 Å². The second-order valence-corrected chi connectivity index (χ2v) is 2.52. The Labute approximate surface area is 67.0 Å². The number of anilines is 1. The van der Waals surface area contributed by atoms with Crippen molar-refractivity contribution in [2.75, 3.05) is 5.73 Å². The molecule has 62 valence electrons. The monoisotopic (exact) mass is 153 g/mol. The van der Waals surface area contributed by atoms with Crippen molar-refractivity contribution in [3.05, 3.63) is 11.8 Å². The second kappa shape index (κ2) is 3.42. The minimum atomic E-state index is 0.608. The fraction of sp³-hybridized carbons (Fsp3) is 0.625. The van der Waals surface area contributed by atoms with Gasteiger partial charge in [0, 0.05) is 17.7 Å². The van der Waals surface area contributed by atoms with Crippen LogP contribution in [0.2, 0.25) is 0 Å². The molecule has 0 spiro atoms. The van der Waals surface area contributed by atoms with Crippen molar-refractivity contribution in [2.45, 2.75) is 32.6 Å². The first-order chi connectivity index (χ1) is 5.36. The zero-order chi connectivity index (χ0) is 8.27. The van der Waals surface area contributed by atoms with Crippen LogP contribution in [0.15, 0.2) is 6.07 Å². The molecule has 1 aliphatic carbocycles. The van der Waals surface area contributed by atoms with Gasteiger partial charge in [0.05, 0.1) is 0 Å². The summed E-state index contributed by atoms with van der Waals surface area (Å²) in [5.41, 5.74) is 6.60. The Kier molecular flexibility index (Phi) is 2.52. The molecule has 0 unspecified atom stereocenters. The van der Waals surface area contributed by atoms with Crippen LogP contribution < -0.4 is 5.73 Å². The molecule has 0 radical (unpaired) electrons. The van der Waals surface area contributed by atoms with Gasteiger partial charge in [-0.3, -0.25) is 5.10 Å². The van der Waals surface area contributed by atoms with Gasteiger partial charge in [0.25, 0.3) is 0 Å². The van der Waals surface area contributed by atoms with Gasteiger partial charge in [0.2, 0.25) is 0 Å². The van der Waals surface area contributed by atoms with E-state index in [0.29, 0.717) is 5.82 Å². The number of aromatic amines is 1. The number of hydrogen-bond acceptors (Lipinski definition) is 2. The molecule has 3 heteroatoms. The highest BCUT2D eigenvalue weighted by Gasteiger charge is 2.24. The summed E-state index contributed by atoms with van der Waals surface area (Å²) in [6.45, 7) is 4.00. The van der Waals surface area contributed by atoms with Gasteiger partial charge in [0.15, 0.2) is 0 Å². The van der Waals surface area contributed by atoms with E-state index < -0.39 is 0 Å². The smallest absolute Gasteiger partial charge is 0.145 e. The van der Waals surface area contributed by atoms with E-state index in [-0.39, 0.29) is 0 Å². The maximum atomic E-state index is 5.40. The van der Waals surface area contributed by atoms with Crippen LogP contribution >= 0.6 is 0 Å². The number of hydrogen-bond donors (Lipinski definition) is 2. The lowest BCUT2D eigenvalue weighted by Gasteiger charge is -1.82. The molecule has 11 heavy (non-hydrogen) atoms. The van der Waals surface area contributed by atoms with Gasteiger partial charge in [-0.1, -0.05) is 13.8 Å². The molecule has 0 bridgehead atoms. The summed E-state index contributed by atoms with van der Waals surface area (Å²) in [7, 11) is 0. The number of aromatic nitrogens is 2. The van der Waals surface area contributed by atoms with Crippen LogP contribution in [0.3, 0.4) is 0 Å². The van der Waals surface area contributed by atoms with Crippen LogP contribution in [0.25, 0.3) is 0 Å². The number of H-pyrrole nitrogens is 1. The standard InChI is InChI=1S/C6H9N3.C2H6/c7-6-3-5(8-9-6)4-1-2-4;1-2/h3-4H,1-2H2,(H3,7,8,9);1-2H3. The lowest BCUT2D eigenvalue weighted by molar-refractivity contribution is 0.968. The van der Waals surface area contributed by atoms with Crippen LogP contribution in [-0.2, 0) is 0 Å². The summed E-state index contributed by atoms with van der Waals surface area (Å²) in [6.07, 6.45) is 2.59. The Hall–Kier alpha value is -0.990. The molecular weight excluding hydrogens is 138 g/mol. The van der Waals surface area contributed by atoms with Crippen molar-refractivity contribution in [3.63, 3.8) is 0 Å². The van der Waals surface area contributed by atoms with Gasteiger partial charge >= 0.3 is 0 Å². The van der Waals surface area contributed by atoms with Crippen molar-refractivity contribution in [1.29, 1.82) is 0 Å². The van der Waals surface area contributed by atoms with Gasteiger partial charge in [-0.05, 0) is 12.8 Å². The molecule has 2 rings (SSSR count). The maximum Gasteiger partial charge on any atom is 0.145 e. The first-order valence-electron chi connectivity index (χ1n) is 4.17. The molecule has 1 fully saturated rings. The highest BCUT2D eigenvalue weighted by molar-refractivity contribution is 5.31. The van der Waals surface area contributed by atoms with E-state index in [1.54, 1.807) is 0 Å². The van der Waals surface area contributed by atoms with Crippen molar-refractivity contribution >= 4 is 5.82 Å². The lowest BCUT2D eigenvalue weighted by atomic mass is 10.3. The van der Waals surface area contributed by atoms with Crippen molar-refractivity contribution < 1.29 is 0 Å². The largest absolute Gasteiger partial charge is 0.382 e. The molecule has 3 N–H and O–H groups in total. The third-order valence-electron chi connectivity index (χ3n) is 1.63. The highest BCUT2D eigenvalue weighted by atomic mass is 15.2. The molecule has 1 aliphatic rings. The van der Waals surface area contributed by atoms with Gasteiger partial charge in [-0.2, -0.15) is 5.10 Å². The van der Waals surface area contributed by atoms with Gasteiger partial charge in [-0.15, -0.1) is 0 Å². The van der Waals surface area contributed by atoms with E-state index >= 15 is 0 Å². The van der Waals surface area contributed by atoms with Crippen molar-refractivity contribution in [2.24, 2.45) is 0 Å². The normalized spacial score (nSPS) is 15.5. The summed E-state index contributed by atoms with van der Waals surface area (Å²) in [5, 5.41) is 6.72. The number of nitrogens with zero attached hydrogens (tertiary/aromatic N) is 1. The number of rotatable bonds is 1. The molecule has 1 aromatic heterocycles. The van der Waals surface area contributed by atoms with E-state index in [0.717, 1.165) is 5.92 Å². The minimum Gasteiger partial charge on any atom is -0.382 e. The zero-order valence-electron chi connectivity index (χ0n) is 7.09. The van der Waals surface area contributed by atoms with Gasteiger partial charge < -0.3 is 5.73 Å². The molecule has 0 saturated heterocycles. The Morgan fingerprint density at radius 3 is 2.55 bits per heavy atom. The second-order valence-electron chi connectivity index (χ2n) is 2.52. The molecule has 0 aliphatic heterocycles. The molecule has 0 aromatic carbocycles. The Morgan fingerprint density at radius 1 is 1.55 bits per heavy atom. The van der Waals surface area contributed by atoms with E-state index in [1.165, 1.54) is 18.5 Å². The van der Waals surface area contributed by atoms with E-state index in [1.807, 2.05) is 19.9 Å². The van der Waals surface area contributed by atoms with Gasteiger partial charge in [-0.25, -0.2) is 0 Å². The Morgan fingerprint density at radius 2 is 2.18 bits per heavy atom. The fourth-order valence-electron chi connectivity index (χ4n) is 0.956. The number of nitrogen functional groups attached to an aromatic ring is 1. The first-order valence-corrected chi connectivity index (χ1v) is 4.17. The van der Waals surface area contributed by atoms with Gasteiger partial charge in [0.1, 0.15) is 5.82 Å². The van der Waals surface area contributed by atoms with Crippen LogP contribution in [0.1, 0.15) is 38.3 Å². The average Bonchev–Trinajstić information content (AvgIpc) is 2.80. The maximum absolute atomic E-state index is 5.40. The molecule has 1 aromatic rings. The summed E-state index contributed by atoms with van der Waals surface area (Å²) in [5.74, 6) is 1.34. The summed E-state index contributed by atoms with van der Waals surface area (Å²) in [6, 6.07) is 1.91. The molecular formula is C8H15N3. The summed E-state index contributed by atoms with van der Waals surface area (Å²) >= 11 is 0. The molecule has 1 saturated carbocycles. The summed E-state index contributed by atoms with van der Waals surface area (Å²) in [4.78, 5) is 0. The van der Waals surface area contributed by atoms with Crippen LogP contribution in [-0.4, -0.2) is 10.2 Å². The Balaban J connectivity index is 0.000000281. The average molecular weight is 153 g/mol. The van der Waals surface area contributed by atoms with E-state index in [9.17, 15) is 0 Å². The molecule has 0 atom stereocenters. The SMILES string of the molecule is CC.Nc1cc(C2CC2)[nH]n1. The van der Waals surface area contributed by atoms with E-state index in [2.05, 4.69) is 10.2 Å². The summed E-state index contributed by atoms with van der Waals surface area (Å²) < 4.78 is 0. The predicted octanol–water partition coefficient (Wildman–Crippen LogP) is 1.90. The predicted molar refractivity (Wildman–Crippen MR) is 46.3 cm³/mol. The van der Waals surface area contributed by atoms with Crippen LogP contribution in [0, 0.1) is 0 Å². The third kappa shape index (κ3) is 1.97. The van der Waals surface area contributed by atoms with Crippen molar-refractivity contribution in [3.8, 4) is 0 Å². The minimum absolute atomic E-state index is 0.608. The van der Waals surface area contributed by atoms with E-state index in [4.69, 9.17) is 5.73 Å². The van der Waals surface area contributed by atoms with Crippen molar-refractivity contribution in [1.82, 2.24) is 10.2 Å². The Bertz CT molecular complexity index is 213. The molecule has 0 amide bonds. The third-order valence-corrected chi connectivity index (χ3v) is 1.63. The first kappa shape index (κ1) is 8.11. The number of nitrogens with one attached hydrogen (secondary N) is 1. The fourth-order valence-corrected chi connectivity index (χ4v) is 0.956. The lowest BCUT2D eigenvalue weighted by Crippen LogP contribution is -1.81. The highest BCUT2D eigenvalue weighted by Crippen LogP contribution is 2.39. The van der Waals surface area contributed by atoms with Crippen LogP contribution in [0.4, 0.5) is 5.82 Å². The number of nitrogens with two attached hydrogens (primary N) is 1. The zero-order valence-corrected chi connectivity index (χ0v) is 7.09. The quantitative estimate of drug-likeness (QED) is 0.647.